The van der Waals surface area contributed by atoms with Crippen LogP contribution in [0.5, 0.6) is 0 Å². The SMILES string of the molecule is CCCCS(=O)(=O)NCC1CCCC1C(=O)O. The highest BCUT2D eigenvalue weighted by atomic mass is 32.2. The number of unbranched alkanes of at least 4 members (excludes halogenated alkanes) is 1. The van der Waals surface area contributed by atoms with E-state index >= 15 is 0 Å². The van der Waals surface area contributed by atoms with Crippen molar-refractivity contribution in [3.8, 4) is 0 Å². The summed E-state index contributed by atoms with van der Waals surface area (Å²) in [6, 6.07) is 0. The lowest BCUT2D eigenvalue weighted by molar-refractivity contribution is -0.142. The Hall–Kier alpha value is -0.620. The maximum Gasteiger partial charge on any atom is 0.306 e. The van der Waals surface area contributed by atoms with Gasteiger partial charge in [-0.3, -0.25) is 4.79 Å². The van der Waals surface area contributed by atoms with E-state index in [2.05, 4.69) is 4.72 Å². The average Bonchev–Trinajstić information content (AvgIpc) is 2.72. The molecule has 0 aliphatic heterocycles. The second-order valence-electron chi connectivity index (χ2n) is 4.66. The summed E-state index contributed by atoms with van der Waals surface area (Å²) in [7, 11) is -3.22. The van der Waals surface area contributed by atoms with Crippen LogP contribution in [-0.4, -0.2) is 31.8 Å². The molecule has 1 fully saturated rings. The minimum absolute atomic E-state index is 0.0519. The van der Waals surface area contributed by atoms with Gasteiger partial charge in [0, 0.05) is 6.54 Å². The van der Waals surface area contributed by atoms with Gasteiger partial charge in [0.25, 0.3) is 0 Å². The van der Waals surface area contributed by atoms with Crippen LogP contribution in [0.15, 0.2) is 0 Å². The molecule has 1 aliphatic carbocycles. The molecule has 1 saturated carbocycles. The molecule has 0 aromatic rings. The molecular formula is C11H21NO4S. The van der Waals surface area contributed by atoms with Gasteiger partial charge in [0.15, 0.2) is 0 Å². The molecular weight excluding hydrogens is 242 g/mol. The zero-order valence-electron chi connectivity index (χ0n) is 10.2. The number of rotatable bonds is 7. The first-order valence-corrected chi connectivity index (χ1v) is 7.81. The highest BCUT2D eigenvalue weighted by Gasteiger charge is 2.33. The molecule has 1 aliphatic rings. The Morgan fingerprint density at radius 2 is 2.12 bits per heavy atom. The number of hydrogen-bond donors (Lipinski definition) is 2. The number of carboxylic acid groups (broad SMARTS) is 1. The first kappa shape index (κ1) is 14.4. The summed E-state index contributed by atoms with van der Waals surface area (Å²) in [5, 5.41) is 8.98. The summed E-state index contributed by atoms with van der Waals surface area (Å²) in [4.78, 5) is 10.9. The third-order valence-corrected chi connectivity index (χ3v) is 4.74. The second kappa shape index (κ2) is 6.35. The zero-order valence-corrected chi connectivity index (χ0v) is 11.0. The predicted octanol–water partition coefficient (Wildman–Crippen LogP) is 1.21. The molecule has 5 nitrogen and oxygen atoms in total. The number of carbonyl (C=O) groups is 1. The highest BCUT2D eigenvalue weighted by molar-refractivity contribution is 7.89. The van der Waals surface area contributed by atoms with Crippen LogP contribution in [0.25, 0.3) is 0 Å². The fourth-order valence-electron chi connectivity index (χ4n) is 2.25. The number of hydrogen-bond acceptors (Lipinski definition) is 3. The second-order valence-corrected chi connectivity index (χ2v) is 6.58. The minimum Gasteiger partial charge on any atom is -0.481 e. The van der Waals surface area contributed by atoms with Gasteiger partial charge in [-0.05, 0) is 25.2 Å². The molecule has 0 saturated heterocycles. The van der Waals surface area contributed by atoms with Gasteiger partial charge in [-0.1, -0.05) is 19.8 Å². The van der Waals surface area contributed by atoms with Crippen LogP contribution in [-0.2, 0) is 14.8 Å². The minimum atomic E-state index is -3.22. The van der Waals surface area contributed by atoms with E-state index in [1.165, 1.54) is 0 Å². The van der Waals surface area contributed by atoms with Crippen LogP contribution in [0.3, 0.4) is 0 Å². The van der Waals surface area contributed by atoms with E-state index in [-0.39, 0.29) is 24.1 Å². The summed E-state index contributed by atoms with van der Waals surface area (Å²) in [5.41, 5.74) is 0. The Labute approximate surface area is 103 Å². The Kier molecular flexibility index (Phi) is 5.39. The zero-order chi connectivity index (χ0) is 12.9. The van der Waals surface area contributed by atoms with Gasteiger partial charge in [-0.15, -0.1) is 0 Å². The Bertz CT molecular complexity index is 352. The maximum absolute atomic E-state index is 11.6. The van der Waals surface area contributed by atoms with Crippen molar-refractivity contribution in [2.45, 2.75) is 39.0 Å². The smallest absolute Gasteiger partial charge is 0.306 e. The van der Waals surface area contributed by atoms with Gasteiger partial charge < -0.3 is 5.11 Å². The lowest BCUT2D eigenvalue weighted by Gasteiger charge is -2.16. The molecule has 0 aromatic carbocycles. The normalized spacial score (nSPS) is 25.0. The molecule has 0 aromatic heterocycles. The Balaban J connectivity index is 2.42. The molecule has 17 heavy (non-hydrogen) atoms. The molecule has 2 atom stereocenters. The third kappa shape index (κ3) is 4.63. The van der Waals surface area contributed by atoms with E-state index in [1.54, 1.807) is 0 Å². The van der Waals surface area contributed by atoms with Gasteiger partial charge in [0.1, 0.15) is 0 Å². The fraction of sp³-hybridized carbons (Fsp3) is 0.909. The van der Waals surface area contributed by atoms with Crippen molar-refractivity contribution in [3.63, 3.8) is 0 Å². The summed E-state index contributed by atoms with van der Waals surface area (Å²) in [6.07, 6.45) is 3.81. The first-order chi connectivity index (χ1) is 7.96. The highest BCUT2D eigenvalue weighted by Crippen LogP contribution is 2.31. The van der Waals surface area contributed by atoms with Crippen LogP contribution in [0.1, 0.15) is 39.0 Å². The van der Waals surface area contributed by atoms with Crippen molar-refractivity contribution < 1.29 is 18.3 Å². The lowest BCUT2D eigenvalue weighted by atomic mass is 9.97. The summed E-state index contributed by atoms with van der Waals surface area (Å²) in [5.74, 6) is -1.11. The van der Waals surface area contributed by atoms with Crippen LogP contribution in [0, 0.1) is 11.8 Å². The molecule has 2 unspecified atom stereocenters. The lowest BCUT2D eigenvalue weighted by Crippen LogP contribution is -2.34. The van der Waals surface area contributed by atoms with Gasteiger partial charge >= 0.3 is 5.97 Å². The number of sulfonamides is 1. The molecule has 0 amide bonds. The van der Waals surface area contributed by atoms with E-state index in [4.69, 9.17) is 5.11 Å². The van der Waals surface area contributed by atoms with Crippen LogP contribution in [0.4, 0.5) is 0 Å². The van der Waals surface area contributed by atoms with E-state index in [1.807, 2.05) is 6.92 Å². The molecule has 100 valence electrons. The quantitative estimate of drug-likeness (QED) is 0.723. The molecule has 6 heteroatoms. The van der Waals surface area contributed by atoms with Crippen molar-refractivity contribution >= 4 is 16.0 Å². The van der Waals surface area contributed by atoms with Crippen LogP contribution in [0.2, 0.25) is 0 Å². The van der Waals surface area contributed by atoms with Gasteiger partial charge in [0.05, 0.1) is 11.7 Å². The molecule has 0 spiro atoms. The van der Waals surface area contributed by atoms with E-state index < -0.39 is 16.0 Å². The maximum atomic E-state index is 11.6. The van der Waals surface area contributed by atoms with Crippen molar-refractivity contribution in [1.82, 2.24) is 4.72 Å². The Morgan fingerprint density at radius 1 is 1.41 bits per heavy atom. The van der Waals surface area contributed by atoms with E-state index in [9.17, 15) is 13.2 Å². The van der Waals surface area contributed by atoms with E-state index in [0.29, 0.717) is 12.8 Å². The summed E-state index contributed by atoms with van der Waals surface area (Å²) >= 11 is 0. The first-order valence-electron chi connectivity index (χ1n) is 6.16. The van der Waals surface area contributed by atoms with E-state index in [0.717, 1.165) is 19.3 Å². The van der Waals surface area contributed by atoms with Crippen molar-refractivity contribution in [1.29, 1.82) is 0 Å². The number of nitrogens with one attached hydrogen (secondary N) is 1. The summed E-state index contributed by atoms with van der Waals surface area (Å²) < 4.78 is 25.7. The molecule has 2 N–H and O–H groups in total. The van der Waals surface area contributed by atoms with Gasteiger partial charge in [0.2, 0.25) is 10.0 Å². The average molecular weight is 263 g/mol. The standard InChI is InChI=1S/C11H21NO4S/c1-2-3-7-17(15,16)12-8-9-5-4-6-10(9)11(13)14/h9-10,12H,2-8H2,1H3,(H,13,14). The van der Waals surface area contributed by atoms with Crippen molar-refractivity contribution in [2.75, 3.05) is 12.3 Å². The Morgan fingerprint density at radius 3 is 2.71 bits per heavy atom. The van der Waals surface area contributed by atoms with Gasteiger partial charge in [-0.25, -0.2) is 13.1 Å². The third-order valence-electron chi connectivity index (χ3n) is 3.31. The van der Waals surface area contributed by atoms with Gasteiger partial charge in [-0.2, -0.15) is 0 Å². The van der Waals surface area contributed by atoms with Crippen molar-refractivity contribution in [2.24, 2.45) is 11.8 Å². The van der Waals surface area contributed by atoms with Crippen molar-refractivity contribution in [3.05, 3.63) is 0 Å². The number of aliphatic carboxylic acids is 1. The predicted molar refractivity (Wildman–Crippen MR) is 65.2 cm³/mol. The molecule has 1 rings (SSSR count). The monoisotopic (exact) mass is 263 g/mol. The number of carboxylic acids is 1. The van der Waals surface area contributed by atoms with Crippen LogP contribution >= 0.6 is 0 Å². The largest absolute Gasteiger partial charge is 0.481 e. The molecule has 0 heterocycles. The van der Waals surface area contributed by atoms with Crippen LogP contribution < -0.4 is 4.72 Å². The summed E-state index contributed by atoms with van der Waals surface area (Å²) in [6.45, 7) is 2.20. The molecule has 0 bridgehead atoms. The molecule has 0 radical (unpaired) electrons. The fourth-order valence-corrected chi connectivity index (χ4v) is 3.53. The topological polar surface area (TPSA) is 83.5 Å².